The molecular weight excluding hydrogens is 328 g/mol. The molecule has 4 heteroatoms. The molecule has 0 N–H and O–H groups in total. The Morgan fingerprint density at radius 3 is 2.04 bits per heavy atom. The maximum absolute atomic E-state index is 11.3. The van der Waals surface area contributed by atoms with Crippen molar-refractivity contribution in [3.63, 3.8) is 0 Å². The quantitative estimate of drug-likeness (QED) is 0.299. The van der Waals surface area contributed by atoms with E-state index < -0.39 is 18.2 Å². The molecule has 0 atom stereocenters. The Bertz CT molecular complexity index is 571. The second-order valence-electron chi connectivity index (χ2n) is 6.57. The molecule has 0 heterocycles. The maximum Gasteiger partial charge on any atom is 0.305 e. The third kappa shape index (κ3) is 8.84. The van der Waals surface area contributed by atoms with Crippen LogP contribution in [-0.4, -0.2) is 18.2 Å². The van der Waals surface area contributed by atoms with Crippen LogP contribution in [0.5, 0.6) is 0 Å². The van der Waals surface area contributed by atoms with E-state index in [-0.39, 0.29) is 0 Å². The van der Waals surface area contributed by atoms with Crippen molar-refractivity contribution in [1.82, 2.24) is 0 Å². The van der Waals surface area contributed by atoms with Crippen molar-refractivity contribution in [3.8, 4) is 0 Å². The van der Waals surface area contributed by atoms with Crippen molar-refractivity contribution in [2.45, 2.75) is 78.9 Å². The van der Waals surface area contributed by atoms with Crippen molar-refractivity contribution >= 4 is 18.0 Å². The second-order valence-corrected chi connectivity index (χ2v) is 6.57. The van der Waals surface area contributed by atoms with E-state index in [9.17, 15) is 9.59 Å². The van der Waals surface area contributed by atoms with Gasteiger partial charge in [-0.15, -0.1) is 0 Å². The molecule has 0 saturated carbocycles. The van der Waals surface area contributed by atoms with Crippen LogP contribution in [0.1, 0.15) is 77.3 Å². The van der Waals surface area contributed by atoms with Gasteiger partial charge in [-0.2, -0.15) is 0 Å². The summed E-state index contributed by atoms with van der Waals surface area (Å²) in [6.45, 7) is 6.88. The second kappa shape index (κ2) is 12.3. The predicted molar refractivity (Wildman–Crippen MR) is 104 cm³/mol. The normalized spacial score (nSPS) is 11.5. The standard InChI is InChI=1S/C22H32O4/c1-5-7-8-9-11-19-12-14-20(15-13-19)16-21(10-6-2)22(25-17(3)23)26-18(4)24/h12-16,22H,5-11H2,1-4H3. The first-order valence-corrected chi connectivity index (χ1v) is 9.60. The molecule has 0 spiro atoms. The number of ether oxygens (including phenoxy) is 2. The highest BCUT2D eigenvalue weighted by molar-refractivity contribution is 5.69. The smallest absolute Gasteiger partial charge is 0.305 e. The first-order valence-electron chi connectivity index (χ1n) is 9.60. The van der Waals surface area contributed by atoms with Crippen molar-refractivity contribution in [3.05, 3.63) is 41.0 Å². The molecule has 0 amide bonds. The molecule has 0 aliphatic rings. The largest absolute Gasteiger partial charge is 0.421 e. The molecular formula is C22H32O4. The zero-order chi connectivity index (χ0) is 19.4. The average Bonchev–Trinajstić information content (AvgIpc) is 2.58. The number of esters is 2. The van der Waals surface area contributed by atoms with Crippen LogP contribution in [-0.2, 0) is 25.5 Å². The molecule has 1 aromatic carbocycles. The topological polar surface area (TPSA) is 52.6 Å². The highest BCUT2D eigenvalue weighted by Gasteiger charge is 2.20. The SMILES string of the molecule is CCCCCCc1ccc(C=C(CCC)C(OC(C)=O)OC(C)=O)cc1. The fourth-order valence-corrected chi connectivity index (χ4v) is 2.77. The van der Waals surface area contributed by atoms with Crippen LogP contribution in [0.3, 0.4) is 0 Å². The minimum atomic E-state index is -0.960. The van der Waals surface area contributed by atoms with Gasteiger partial charge in [-0.3, -0.25) is 9.59 Å². The zero-order valence-electron chi connectivity index (χ0n) is 16.5. The predicted octanol–water partition coefficient (Wildman–Crippen LogP) is 5.45. The Balaban J connectivity index is 2.87. The summed E-state index contributed by atoms with van der Waals surface area (Å²) in [5, 5.41) is 0. The fourth-order valence-electron chi connectivity index (χ4n) is 2.77. The summed E-state index contributed by atoms with van der Waals surface area (Å²) >= 11 is 0. The Morgan fingerprint density at radius 2 is 1.54 bits per heavy atom. The summed E-state index contributed by atoms with van der Waals surface area (Å²) in [7, 11) is 0. The van der Waals surface area contributed by atoms with Crippen molar-refractivity contribution in [2.75, 3.05) is 0 Å². The van der Waals surface area contributed by atoms with Crippen LogP contribution in [0, 0.1) is 0 Å². The van der Waals surface area contributed by atoms with Crippen molar-refractivity contribution < 1.29 is 19.1 Å². The zero-order valence-corrected chi connectivity index (χ0v) is 16.5. The van der Waals surface area contributed by atoms with Gasteiger partial charge in [-0.25, -0.2) is 0 Å². The Kier molecular flexibility index (Phi) is 10.4. The van der Waals surface area contributed by atoms with E-state index in [0.717, 1.165) is 24.0 Å². The molecule has 0 saturated heterocycles. The number of benzene rings is 1. The van der Waals surface area contributed by atoms with Gasteiger partial charge >= 0.3 is 11.9 Å². The number of hydrogen-bond donors (Lipinski definition) is 0. The van der Waals surface area contributed by atoms with Gasteiger partial charge in [0.15, 0.2) is 0 Å². The van der Waals surface area contributed by atoms with Crippen LogP contribution in [0.4, 0.5) is 0 Å². The summed E-state index contributed by atoms with van der Waals surface area (Å²) < 4.78 is 10.4. The molecule has 0 aliphatic carbocycles. The van der Waals surface area contributed by atoms with Crippen LogP contribution < -0.4 is 0 Å². The lowest BCUT2D eigenvalue weighted by atomic mass is 10.0. The van der Waals surface area contributed by atoms with Crippen molar-refractivity contribution in [2.24, 2.45) is 0 Å². The Labute approximate surface area is 157 Å². The number of hydrogen-bond acceptors (Lipinski definition) is 4. The van der Waals surface area contributed by atoms with Gasteiger partial charge in [-0.1, -0.05) is 63.8 Å². The molecule has 0 aliphatic heterocycles. The van der Waals surface area contributed by atoms with Crippen LogP contribution >= 0.6 is 0 Å². The monoisotopic (exact) mass is 360 g/mol. The number of rotatable bonds is 11. The van der Waals surface area contributed by atoms with E-state index in [0.29, 0.717) is 6.42 Å². The van der Waals surface area contributed by atoms with E-state index in [1.807, 2.05) is 13.0 Å². The fraction of sp³-hybridized carbons (Fsp3) is 0.545. The van der Waals surface area contributed by atoms with Crippen LogP contribution in [0.2, 0.25) is 0 Å². The third-order valence-corrected chi connectivity index (χ3v) is 4.04. The molecule has 1 rings (SSSR count). The highest BCUT2D eigenvalue weighted by atomic mass is 16.7. The minimum Gasteiger partial charge on any atom is -0.421 e. The Morgan fingerprint density at radius 1 is 0.923 bits per heavy atom. The lowest BCUT2D eigenvalue weighted by Gasteiger charge is -2.19. The number of carbonyl (C=O) groups is 2. The van der Waals surface area contributed by atoms with E-state index in [1.54, 1.807) is 0 Å². The first-order chi connectivity index (χ1) is 12.5. The van der Waals surface area contributed by atoms with Crippen LogP contribution in [0.15, 0.2) is 29.8 Å². The average molecular weight is 360 g/mol. The molecule has 1 aromatic rings. The summed E-state index contributed by atoms with van der Waals surface area (Å²) in [6, 6.07) is 8.38. The number of carbonyl (C=O) groups excluding carboxylic acids is 2. The summed E-state index contributed by atoms with van der Waals surface area (Å²) in [5.74, 6) is -0.943. The maximum atomic E-state index is 11.3. The van der Waals surface area contributed by atoms with E-state index in [1.165, 1.54) is 45.1 Å². The number of aryl methyl sites for hydroxylation is 1. The molecule has 0 bridgehead atoms. The lowest BCUT2D eigenvalue weighted by molar-refractivity contribution is -0.178. The van der Waals surface area contributed by atoms with Gasteiger partial charge in [0.05, 0.1) is 0 Å². The van der Waals surface area contributed by atoms with Gasteiger partial charge in [0.2, 0.25) is 0 Å². The molecule has 0 aromatic heterocycles. The molecule has 0 unspecified atom stereocenters. The number of unbranched alkanes of at least 4 members (excludes halogenated alkanes) is 3. The molecule has 144 valence electrons. The Hall–Kier alpha value is -2.10. The minimum absolute atomic E-state index is 0.472. The third-order valence-electron chi connectivity index (χ3n) is 4.04. The van der Waals surface area contributed by atoms with Gasteiger partial charge in [-0.05, 0) is 36.5 Å². The van der Waals surface area contributed by atoms with Crippen molar-refractivity contribution in [1.29, 1.82) is 0 Å². The molecule has 0 radical (unpaired) electrons. The summed E-state index contributed by atoms with van der Waals surface area (Å²) in [4.78, 5) is 22.7. The molecule has 0 fully saturated rings. The van der Waals surface area contributed by atoms with Crippen LogP contribution in [0.25, 0.3) is 6.08 Å². The van der Waals surface area contributed by atoms with Gasteiger partial charge < -0.3 is 9.47 Å². The van der Waals surface area contributed by atoms with E-state index in [2.05, 4.69) is 31.2 Å². The molecule has 26 heavy (non-hydrogen) atoms. The summed E-state index contributed by atoms with van der Waals surface area (Å²) in [5.41, 5.74) is 3.12. The van der Waals surface area contributed by atoms with E-state index in [4.69, 9.17) is 9.47 Å². The van der Waals surface area contributed by atoms with E-state index >= 15 is 0 Å². The summed E-state index contributed by atoms with van der Waals surface area (Å²) in [6.07, 6.45) is 8.64. The first kappa shape index (κ1) is 21.9. The van der Waals surface area contributed by atoms with Gasteiger partial charge in [0.25, 0.3) is 6.29 Å². The lowest BCUT2D eigenvalue weighted by Crippen LogP contribution is -2.24. The van der Waals surface area contributed by atoms with Gasteiger partial charge in [0.1, 0.15) is 0 Å². The highest BCUT2D eigenvalue weighted by Crippen LogP contribution is 2.20. The van der Waals surface area contributed by atoms with Gasteiger partial charge in [0, 0.05) is 19.4 Å². The molecule has 4 nitrogen and oxygen atoms in total.